The van der Waals surface area contributed by atoms with E-state index in [1.165, 1.54) is 6.92 Å². The van der Waals surface area contributed by atoms with Crippen LogP contribution in [-0.2, 0) is 4.79 Å². The molecule has 1 heterocycles. The van der Waals surface area contributed by atoms with Gasteiger partial charge in [-0.2, -0.15) is 0 Å². The smallest absolute Gasteiger partial charge is 0.221 e. The molecular weight excluding hydrogens is 248 g/mol. The fourth-order valence-corrected chi connectivity index (χ4v) is 1.75. The van der Waals surface area contributed by atoms with Crippen molar-refractivity contribution >= 4 is 23.2 Å². The summed E-state index contributed by atoms with van der Waals surface area (Å²) in [6.45, 7) is 1.48. The normalized spacial score (nSPS) is 10.1. The van der Waals surface area contributed by atoms with Crippen molar-refractivity contribution in [2.75, 3.05) is 5.32 Å². The molecule has 0 atom stereocenters. The van der Waals surface area contributed by atoms with E-state index < -0.39 is 0 Å². The molecule has 2 aromatic rings. The highest BCUT2D eigenvalue weighted by Gasteiger charge is 2.00. The molecule has 0 aliphatic carbocycles. The highest BCUT2D eigenvalue weighted by atomic mass is 35.5. The molecule has 1 N–H and O–H groups in total. The Bertz CT molecular complexity index is 552. The Balaban J connectivity index is 2.08. The van der Waals surface area contributed by atoms with Gasteiger partial charge in [0.15, 0.2) is 0 Å². The molecule has 1 aromatic carbocycles. The lowest BCUT2D eigenvalue weighted by Gasteiger charge is -2.04. The van der Waals surface area contributed by atoms with E-state index in [-0.39, 0.29) is 5.91 Å². The Morgan fingerprint density at radius 1 is 1.22 bits per heavy atom. The average molecular weight is 260 g/mol. The summed E-state index contributed by atoms with van der Waals surface area (Å²) in [7, 11) is 0. The van der Waals surface area contributed by atoms with Gasteiger partial charge in [0.05, 0.1) is 5.02 Å². The quantitative estimate of drug-likeness (QED) is 0.919. The summed E-state index contributed by atoms with van der Waals surface area (Å²) < 4.78 is 0. The second-order valence-corrected chi connectivity index (χ2v) is 4.32. The molecule has 2 rings (SSSR count). The number of benzene rings is 1. The number of amides is 1. The Kier molecular flexibility index (Phi) is 3.95. The van der Waals surface area contributed by atoms with Crippen LogP contribution in [0, 0.1) is 6.42 Å². The predicted molar refractivity (Wildman–Crippen MR) is 72.5 cm³/mol. The summed E-state index contributed by atoms with van der Waals surface area (Å²) in [6.07, 6.45) is 5.31. The van der Waals surface area contributed by atoms with Gasteiger partial charge in [0.1, 0.15) is 0 Å². The van der Waals surface area contributed by atoms with Crippen molar-refractivity contribution in [2.24, 2.45) is 0 Å². The van der Waals surface area contributed by atoms with Crippen LogP contribution in [0.25, 0.3) is 0 Å². The molecular formula is C14H12ClN2O. The van der Waals surface area contributed by atoms with E-state index in [9.17, 15) is 4.79 Å². The Morgan fingerprint density at radius 2 is 1.94 bits per heavy atom. The number of hydrogen-bond acceptors (Lipinski definition) is 2. The van der Waals surface area contributed by atoms with Crippen LogP contribution in [0.15, 0.2) is 42.7 Å². The van der Waals surface area contributed by atoms with Crippen LogP contribution < -0.4 is 5.32 Å². The molecule has 91 valence electrons. The van der Waals surface area contributed by atoms with Crippen LogP contribution in [0.2, 0.25) is 5.02 Å². The van der Waals surface area contributed by atoms with Gasteiger partial charge in [-0.3, -0.25) is 9.78 Å². The standard InChI is InChI=1S/C14H12ClN2O/c1-10(18)17-14-4-2-11(3-5-14)6-12-7-13(15)9-16-8-12/h2-9H,1H3,(H,17,18). The summed E-state index contributed by atoms with van der Waals surface area (Å²) in [6, 6.07) is 9.39. The lowest BCUT2D eigenvalue weighted by atomic mass is 10.1. The third-order valence-electron chi connectivity index (χ3n) is 2.29. The largest absolute Gasteiger partial charge is 0.326 e. The van der Waals surface area contributed by atoms with Gasteiger partial charge in [-0.15, -0.1) is 0 Å². The minimum atomic E-state index is -0.0780. The van der Waals surface area contributed by atoms with Gasteiger partial charge < -0.3 is 5.32 Å². The SMILES string of the molecule is CC(=O)Nc1ccc([CH]c2cncc(Cl)c2)cc1. The first-order chi connectivity index (χ1) is 8.63. The molecule has 0 spiro atoms. The molecule has 0 unspecified atom stereocenters. The third-order valence-corrected chi connectivity index (χ3v) is 2.50. The van der Waals surface area contributed by atoms with E-state index in [0.29, 0.717) is 5.02 Å². The number of carbonyl (C=O) groups excluding carboxylic acids is 1. The molecule has 1 amide bonds. The minimum Gasteiger partial charge on any atom is -0.326 e. The first kappa shape index (κ1) is 12.6. The van der Waals surface area contributed by atoms with E-state index in [0.717, 1.165) is 16.8 Å². The summed E-state index contributed by atoms with van der Waals surface area (Å²) in [4.78, 5) is 14.9. The van der Waals surface area contributed by atoms with Crippen LogP contribution >= 0.6 is 11.6 Å². The molecule has 0 aliphatic heterocycles. The van der Waals surface area contributed by atoms with Crippen molar-refractivity contribution in [3.8, 4) is 0 Å². The maximum atomic E-state index is 10.9. The predicted octanol–water partition coefficient (Wildman–Crippen LogP) is 3.29. The number of carbonyl (C=O) groups is 1. The fourth-order valence-electron chi connectivity index (χ4n) is 1.57. The average Bonchev–Trinajstić information content (AvgIpc) is 2.31. The molecule has 1 aromatic heterocycles. The Labute approximate surface area is 111 Å². The number of halogens is 1. The van der Waals surface area contributed by atoms with Crippen LogP contribution in [0.3, 0.4) is 0 Å². The molecule has 4 heteroatoms. The number of aromatic nitrogens is 1. The van der Waals surface area contributed by atoms with Gasteiger partial charge in [0.2, 0.25) is 5.91 Å². The topological polar surface area (TPSA) is 42.0 Å². The van der Waals surface area contributed by atoms with Gasteiger partial charge in [-0.1, -0.05) is 23.7 Å². The van der Waals surface area contributed by atoms with E-state index in [1.54, 1.807) is 12.4 Å². The van der Waals surface area contributed by atoms with Crippen LogP contribution in [0.1, 0.15) is 18.1 Å². The lowest BCUT2D eigenvalue weighted by Crippen LogP contribution is -2.05. The summed E-state index contributed by atoms with van der Waals surface area (Å²) >= 11 is 5.86. The summed E-state index contributed by atoms with van der Waals surface area (Å²) in [5.74, 6) is -0.0780. The van der Waals surface area contributed by atoms with E-state index in [2.05, 4.69) is 10.3 Å². The lowest BCUT2D eigenvalue weighted by molar-refractivity contribution is -0.114. The highest BCUT2D eigenvalue weighted by Crippen LogP contribution is 2.17. The molecule has 1 radical (unpaired) electrons. The third kappa shape index (κ3) is 3.57. The van der Waals surface area contributed by atoms with Crippen molar-refractivity contribution in [3.05, 3.63) is 65.3 Å². The van der Waals surface area contributed by atoms with Gasteiger partial charge in [-0.25, -0.2) is 0 Å². The summed E-state index contributed by atoms with van der Waals surface area (Å²) in [5, 5.41) is 3.33. The fraction of sp³-hybridized carbons (Fsp3) is 0.0714. The van der Waals surface area contributed by atoms with Gasteiger partial charge >= 0.3 is 0 Å². The molecule has 3 nitrogen and oxygen atoms in total. The van der Waals surface area contributed by atoms with E-state index in [4.69, 9.17) is 11.6 Å². The number of nitrogens with one attached hydrogen (secondary N) is 1. The van der Waals surface area contributed by atoms with Crippen LogP contribution in [0.4, 0.5) is 5.69 Å². The second-order valence-electron chi connectivity index (χ2n) is 3.88. The number of rotatable bonds is 3. The minimum absolute atomic E-state index is 0.0780. The molecule has 18 heavy (non-hydrogen) atoms. The highest BCUT2D eigenvalue weighted by molar-refractivity contribution is 6.30. The van der Waals surface area contributed by atoms with Crippen molar-refractivity contribution < 1.29 is 4.79 Å². The van der Waals surface area contributed by atoms with Gasteiger partial charge in [0.25, 0.3) is 0 Å². The zero-order valence-corrected chi connectivity index (χ0v) is 10.6. The van der Waals surface area contributed by atoms with Crippen LogP contribution in [0.5, 0.6) is 0 Å². The first-order valence-corrected chi connectivity index (χ1v) is 5.84. The number of anilines is 1. The molecule has 0 saturated carbocycles. The number of hydrogen-bond donors (Lipinski definition) is 1. The molecule has 0 aliphatic rings. The number of nitrogens with zero attached hydrogens (tertiary/aromatic N) is 1. The zero-order chi connectivity index (χ0) is 13.0. The first-order valence-electron chi connectivity index (χ1n) is 5.46. The molecule has 0 fully saturated rings. The zero-order valence-electron chi connectivity index (χ0n) is 9.85. The molecule has 0 saturated heterocycles. The van der Waals surface area contributed by atoms with Crippen LogP contribution in [-0.4, -0.2) is 10.9 Å². The van der Waals surface area contributed by atoms with Crippen molar-refractivity contribution in [1.29, 1.82) is 0 Å². The number of pyridine rings is 1. The molecule has 0 bridgehead atoms. The monoisotopic (exact) mass is 259 g/mol. The second kappa shape index (κ2) is 5.65. The maximum Gasteiger partial charge on any atom is 0.221 e. The van der Waals surface area contributed by atoms with E-state index in [1.807, 2.05) is 36.8 Å². The van der Waals surface area contributed by atoms with Crippen molar-refractivity contribution in [3.63, 3.8) is 0 Å². The Morgan fingerprint density at radius 3 is 2.56 bits per heavy atom. The van der Waals surface area contributed by atoms with Crippen molar-refractivity contribution in [2.45, 2.75) is 6.92 Å². The Hall–Kier alpha value is -1.87. The maximum absolute atomic E-state index is 10.9. The van der Waals surface area contributed by atoms with Crippen molar-refractivity contribution in [1.82, 2.24) is 4.98 Å². The van der Waals surface area contributed by atoms with Gasteiger partial charge in [0, 0.05) is 31.4 Å². The van der Waals surface area contributed by atoms with E-state index >= 15 is 0 Å². The summed E-state index contributed by atoms with van der Waals surface area (Å²) in [5.41, 5.74) is 2.74. The van der Waals surface area contributed by atoms with Gasteiger partial charge in [-0.05, 0) is 29.3 Å².